The van der Waals surface area contributed by atoms with Crippen molar-refractivity contribution in [3.63, 3.8) is 0 Å². The van der Waals surface area contributed by atoms with Gasteiger partial charge in [0.15, 0.2) is 6.61 Å². The summed E-state index contributed by atoms with van der Waals surface area (Å²) >= 11 is 11.8. The number of rotatable bonds is 5. The molecule has 0 saturated carbocycles. The highest BCUT2D eigenvalue weighted by Gasteiger charge is 2.07. The minimum Gasteiger partial charge on any atom is -0.482 e. The Morgan fingerprint density at radius 3 is 2.62 bits per heavy atom. The summed E-state index contributed by atoms with van der Waals surface area (Å²) in [5, 5.41) is 14.5. The Balaban J connectivity index is 1.56. The summed E-state index contributed by atoms with van der Waals surface area (Å²) in [5.74, 6) is 0.0847. The number of carbonyl (C=O) groups is 1. The number of benzene rings is 2. The zero-order valence-corrected chi connectivity index (χ0v) is 13.7. The van der Waals surface area contributed by atoms with Gasteiger partial charge < -0.3 is 10.1 Å². The van der Waals surface area contributed by atoms with Crippen molar-refractivity contribution in [1.29, 1.82) is 0 Å². The van der Waals surface area contributed by atoms with Crippen molar-refractivity contribution in [3.8, 4) is 11.4 Å². The Labute approximate surface area is 147 Å². The predicted octanol–water partition coefficient (Wildman–Crippen LogP) is 2.99. The summed E-state index contributed by atoms with van der Waals surface area (Å²) in [6.45, 7) is -0.171. The molecule has 1 amide bonds. The predicted molar refractivity (Wildman–Crippen MR) is 89.7 cm³/mol. The van der Waals surface area contributed by atoms with Crippen LogP contribution in [0.2, 0.25) is 10.0 Å². The van der Waals surface area contributed by atoms with Crippen LogP contribution in [-0.2, 0) is 4.79 Å². The molecule has 2 aromatic carbocycles. The van der Waals surface area contributed by atoms with Gasteiger partial charge in [0, 0.05) is 10.7 Å². The first kappa shape index (κ1) is 16.2. The minimum atomic E-state index is -0.309. The van der Waals surface area contributed by atoms with E-state index in [-0.39, 0.29) is 12.5 Å². The number of carbonyl (C=O) groups excluding carboxylic acids is 1. The molecule has 9 heteroatoms. The number of aromatic nitrogens is 4. The molecular formula is C15H11Cl2N5O2. The lowest BCUT2D eigenvalue weighted by atomic mass is 10.3. The molecule has 1 aromatic heterocycles. The van der Waals surface area contributed by atoms with Crippen LogP contribution in [0.1, 0.15) is 0 Å². The lowest BCUT2D eigenvalue weighted by molar-refractivity contribution is -0.118. The zero-order chi connectivity index (χ0) is 16.9. The maximum Gasteiger partial charge on any atom is 0.262 e. The van der Waals surface area contributed by atoms with E-state index in [1.165, 1.54) is 11.0 Å². The number of anilines is 1. The maximum absolute atomic E-state index is 11.9. The Hall–Kier alpha value is -2.64. The highest BCUT2D eigenvalue weighted by molar-refractivity contribution is 6.35. The topological polar surface area (TPSA) is 81.9 Å². The number of nitrogens with one attached hydrogen (secondary N) is 1. The van der Waals surface area contributed by atoms with Gasteiger partial charge in [0.2, 0.25) is 0 Å². The molecule has 0 atom stereocenters. The highest BCUT2D eigenvalue weighted by Crippen LogP contribution is 2.27. The normalized spacial score (nSPS) is 10.4. The molecule has 0 spiro atoms. The van der Waals surface area contributed by atoms with E-state index in [0.717, 1.165) is 5.69 Å². The Morgan fingerprint density at radius 1 is 1.17 bits per heavy atom. The molecule has 0 unspecified atom stereocenters. The fourth-order valence-corrected chi connectivity index (χ4v) is 2.37. The number of amides is 1. The monoisotopic (exact) mass is 363 g/mol. The zero-order valence-electron chi connectivity index (χ0n) is 12.2. The second-order valence-corrected chi connectivity index (χ2v) is 5.56. The van der Waals surface area contributed by atoms with Gasteiger partial charge in [-0.3, -0.25) is 4.79 Å². The van der Waals surface area contributed by atoms with E-state index in [1.807, 2.05) is 0 Å². The van der Waals surface area contributed by atoms with Crippen molar-refractivity contribution < 1.29 is 9.53 Å². The fraction of sp³-hybridized carbons (Fsp3) is 0.0667. The summed E-state index contributed by atoms with van der Waals surface area (Å²) in [6.07, 6.45) is 1.48. The summed E-state index contributed by atoms with van der Waals surface area (Å²) in [6, 6.07) is 11.8. The molecule has 1 heterocycles. The van der Waals surface area contributed by atoms with Gasteiger partial charge >= 0.3 is 0 Å². The first-order valence-electron chi connectivity index (χ1n) is 6.83. The van der Waals surface area contributed by atoms with Crippen LogP contribution in [0.15, 0.2) is 48.8 Å². The molecule has 1 N–H and O–H groups in total. The van der Waals surface area contributed by atoms with Crippen LogP contribution in [0, 0.1) is 0 Å². The molecule has 0 aliphatic heterocycles. The van der Waals surface area contributed by atoms with E-state index in [2.05, 4.69) is 20.8 Å². The van der Waals surface area contributed by atoms with Gasteiger partial charge in [-0.25, -0.2) is 4.68 Å². The number of nitrogens with zero attached hydrogens (tertiary/aromatic N) is 4. The van der Waals surface area contributed by atoms with Crippen LogP contribution in [0.25, 0.3) is 5.69 Å². The van der Waals surface area contributed by atoms with Gasteiger partial charge in [-0.1, -0.05) is 23.2 Å². The van der Waals surface area contributed by atoms with Gasteiger partial charge in [0.25, 0.3) is 5.91 Å². The molecule has 0 bridgehead atoms. The molecule has 0 radical (unpaired) electrons. The molecule has 0 saturated heterocycles. The van der Waals surface area contributed by atoms with Crippen LogP contribution in [0.3, 0.4) is 0 Å². The van der Waals surface area contributed by atoms with Gasteiger partial charge in [0.1, 0.15) is 12.1 Å². The summed E-state index contributed by atoms with van der Waals surface area (Å²) in [7, 11) is 0. The van der Waals surface area contributed by atoms with Crippen LogP contribution in [-0.4, -0.2) is 32.7 Å². The number of ether oxygens (including phenoxy) is 1. The standard InChI is InChI=1S/C15H11Cl2N5O2/c16-10-1-6-14(13(17)7-10)24-8-15(23)19-11-2-4-12(5-3-11)22-9-18-20-21-22/h1-7,9H,8H2,(H,19,23). The first-order valence-corrected chi connectivity index (χ1v) is 7.58. The molecule has 122 valence electrons. The van der Waals surface area contributed by atoms with Gasteiger partial charge in [-0.05, 0) is 52.9 Å². The van der Waals surface area contributed by atoms with Gasteiger partial charge in [-0.15, -0.1) is 5.10 Å². The van der Waals surface area contributed by atoms with Crippen molar-refractivity contribution in [2.45, 2.75) is 0 Å². The average Bonchev–Trinajstić information content (AvgIpc) is 3.09. The molecule has 3 aromatic rings. The number of hydrogen-bond acceptors (Lipinski definition) is 5. The summed E-state index contributed by atoms with van der Waals surface area (Å²) in [5.41, 5.74) is 1.41. The second kappa shape index (κ2) is 7.29. The molecule has 3 rings (SSSR count). The molecule has 7 nitrogen and oxygen atoms in total. The smallest absolute Gasteiger partial charge is 0.262 e. The Kier molecular flexibility index (Phi) is 4.93. The summed E-state index contributed by atoms with van der Waals surface area (Å²) < 4.78 is 6.89. The fourth-order valence-electron chi connectivity index (χ4n) is 1.91. The first-order chi connectivity index (χ1) is 11.6. The van der Waals surface area contributed by atoms with Gasteiger partial charge in [0.05, 0.1) is 10.7 Å². The number of halogens is 2. The SMILES string of the molecule is O=C(COc1ccc(Cl)cc1Cl)Nc1ccc(-n2cnnn2)cc1. The summed E-state index contributed by atoms with van der Waals surface area (Å²) in [4.78, 5) is 11.9. The lowest BCUT2D eigenvalue weighted by Gasteiger charge is -2.09. The Morgan fingerprint density at radius 2 is 1.96 bits per heavy atom. The molecule has 0 aliphatic carbocycles. The van der Waals surface area contributed by atoms with Crippen LogP contribution in [0.4, 0.5) is 5.69 Å². The van der Waals surface area contributed by atoms with Crippen LogP contribution < -0.4 is 10.1 Å². The quantitative estimate of drug-likeness (QED) is 0.753. The second-order valence-electron chi connectivity index (χ2n) is 4.71. The van der Waals surface area contributed by atoms with Gasteiger partial charge in [-0.2, -0.15) is 0 Å². The van der Waals surface area contributed by atoms with E-state index in [0.29, 0.717) is 21.5 Å². The molecule has 0 fully saturated rings. The Bertz CT molecular complexity index is 838. The number of hydrogen-bond donors (Lipinski definition) is 1. The molecular weight excluding hydrogens is 353 g/mol. The van der Waals surface area contributed by atoms with E-state index < -0.39 is 0 Å². The lowest BCUT2D eigenvalue weighted by Crippen LogP contribution is -2.20. The maximum atomic E-state index is 11.9. The van der Waals surface area contributed by atoms with E-state index in [1.54, 1.807) is 42.5 Å². The molecule has 24 heavy (non-hydrogen) atoms. The number of tetrazole rings is 1. The van der Waals surface area contributed by atoms with Crippen molar-refractivity contribution in [2.75, 3.05) is 11.9 Å². The third-order valence-electron chi connectivity index (χ3n) is 3.02. The highest BCUT2D eigenvalue weighted by atomic mass is 35.5. The van der Waals surface area contributed by atoms with Crippen molar-refractivity contribution >= 4 is 34.8 Å². The van der Waals surface area contributed by atoms with Crippen LogP contribution in [0.5, 0.6) is 5.75 Å². The third-order valence-corrected chi connectivity index (χ3v) is 3.55. The van der Waals surface area contributed by atoms with Crippen molar-refractivity contribution in [1.82, 2.24) is 20.2 Å². The van der Waals surface area contributed by atoms with E-state index >= 15 is 0 Å². The van der Waals surface area contributed by atoms with E-state index in [4.69, 9.17) is 27.9 Å². The van der Waals surface area contributed by atoms with Crippen LogP contribution >= 0.6 is 23.2 Å². The third kappa shape index (κ3) is 4.01. The molecule has 0 aliphatic rings. The average molecular weight is 364 g/mol. The van der Waals surface area contributed by atoms with E-state index in [9.17, 15) is 4.79 Å². The largest absolute Gasteiger partial charge is 0.482 e. The minimum absolute atomic E-state index is 0.171. The van der Waals surface area contributed by atoms with Crippen molar-refractivity contribution in [3.05, 3.63) is 58.8 Å². The van der Waals surface area contributed by atoms with Crippen molar-refractivity contribution in [2.24, 2.45) is 0 Å².